The molecule has 1 N–H and O–H groups in total. The van der Waals surface area contributed by atoms with Gasteiger partial charge in [-0.25, -0.2) is 0 Å². The highest BCUT2D eigenvalue weighted by molar-refractivity contribution is 6.55. The van der Waals surface area contributed by atoms with Gasteiger partial charge in [0.15, 0.2) is 17.2 Å². The van der Waals surface area contributed by atoms with Crippen LogP contribution in [0, 0.1) is 0 Å². The van der Waals surface area contributed by atoms with Crippen molar-refractivity contribution in [3.8, 4) is 17.2 Å². The Kier molecular flexibility index (Phi) is 4.59. The number of ether oxygens (including phenoxy) is 1. The van der Waals surface area contributed by atoms with Crippen LogP contribution in [0.15, 0.2) is 24.3 Å². The summed E-state index contributed by atoms with van der Waals surface area (Å²) in [5, 5.41) is 9.79. The second kappa shape index (κ2) is 5.86. The maximum absolute atomic E-state index is 9.64. The van der Waals surface area contributed by atoms with Crippen LogP contribution in [-0.4, -0.2) is 5.11 Å². The number of halogens is 5. The topological polar surface area (TPSA) is 29.5 Å². The molecule has 0 saturated heterocycles. The molecule has 0 bridgehead atoms. The van der Waals surface area contributed by atoms with Crippen LogP contribution < -0.4 is 4.74 Å². The van der Waals surface area contributed by atoms with Gasteiger partial charge in [-0.05, 0) is 12.1 Å². The fraction of sp³-hybridized carbons (Fsp3) is 0. The maximum atomic E-state index is 9.64. The molecule has 0 aromatic heterocycles. The minimum atomic E-state index is -0.0724. The number of phenols is 1. The van der Waals surface area contributed by atoms with Gasteiger partial charge in [0.2, 0.25) is 0 Å². The van der Waals surface area contributed by atoms with Crippen LogP contribution in [0.25, 0.3) is 0 Å². The summed E-state index contributed by atoms with van der Waals surface area (Å²) in [5.41, 5.74) is 0. The highest BCUT2D eigenvalue weighted by Crippen LogP contribution is 2.50. The van der Waals surface area contributed by atoms with Crippen molar-refractivity contribution < 1.29 is 9.84 Å². The summed E-state index contributed by atoms with van der Waals surface area (Å²) in [6, 6.07) is 6.32. The smallest absolute Gasteiger partial charge is 0.169 e. The molecule has 0 aliphatic heterocycles. The molecule has 19 heavy (non-hydrogen) atoms. The maximum Gasteiger partial charge on any atom is 0.169 e. The first-order valence-electron chi connectivity index (χ1n) is 4.90. The molecule has 0 aliphatic carbocycles. The minimum absolute atomic E-state index is 0.0179. The molecular formula is C12H5Cl5O2. The molecule has 0 amide bonds. The van der Waals surface area contributed by atoms with E-state index in [-0.39, 0.29) is 42.4 Å². The van der Waals surface area contributed by atoms with Crippen LogP contribution >= 0.6 is 58.0 Å². The molecule has 0 aliphatic rings. The van der Waals surface area contributed by atoms with E-state index in [1.54, 1.807) is 18.2 Å². The van der Waals surface area contributed by atoms with Crippen molar-refractivity contribution in [1.82, 2.24) is 0 Å². The van der Waals surface area contributed by atoms with Crippen molar-refractivity contribution in [2.45, 2.75) is 0 Å². The Morgan fingerprint density at radius 1 is 0.737 bits per heavy atom. The Morgan fingerprint density at radius 2 is 1.21 bits per heavy atom. The number of aromatic hydroxyl groups is 1. The molecule has 100 valence electrons. The highest BCUT2D eigenvalue weighted by atomic mass is 35.5. The van der Waals surface area contributed by atoms with Crippen molar-refractivity contribution in [1.29, 1.82) is 0 Å². The standard InChI is InChI=1S/C12H5Cl5O2/c13-7-8(14)10(16)12(11(17)9(7)15)19-6-4-2-1-3-5(6)18/h1-4,18H. The number of benzene rings is 2. The zero-order valence-electron chi connectivity index (χ0n) is 9.05. The molecular weight excluding hydrogens is 353 g/mol. The van der Waals surface area contributed by atoms with Gasteiger partial charge in [0.05, 0.1) is 15.1 Å². The predicted molar refractivity (Wildman–Crippen MR) is 79.7 cm³/mol. The van der Waals surface area contributed by atoms with Gasteiger partial charge in [0.25, 0.3) is 0 Å². The summed E-state index contributed by atoms with van der Waals surface area (Å²) in [6.07, 6.45) is 0. The first-order chi connectivity index (χ1) is 8.93. The lowest BCUT2D eigenvalue weighted by atomic mass is 10.3. The third-order valence-electron chi connectivity index (χ3n) is 2.25. The number of hydrogen-bond acceptors (Lipinski definition) is 2. The molecule has 2 rings (SSSR count). The second-order valence-corrected chi connectivity index (χ2v) is 5.36. The first kappa shape index (κ1) is 14.9. The Morgan fingerprint density at radius 3 is 1.74 bits per heavy atom. The molecule has 7 heteroatoms. The fourth-order valence-electron chi connectivity index (χ4n) is 1.33. The first-order valence-corrected chi connectivity index (χ1v) is 6.79. The lowest BCUT2D eigenvalue weighted by molar-refractivity contribution is 0.411. The van der Waals surface area contributed by atoms with Crippen molar-refractivity contribution >= 4 is 58.0 Å². The van der Waals surface area contributed by atoms with E-state index in [2.05, 4.69) is 0 Å². The summed E-state index contributed by atoms with van der Waals surface area (Å²) in [6.45, 7) is 0. The number of phenolic OH excluding ortho intramolecular Hbond substituents is 1. The van der Waals surface area contributed by atoms with E-state index in [0.717, 1.165) is 0 Å². The third kappa shape index (κ3) is 2.83. The normalized spacial score (nSPS) is 10.6. The molecule has 0 heterocycles. The van der Waals surface area contributed by atoms with Crippen LogP contribution in [0.4, 0.5) is 0 Å². The summed E-state index contributed by atoms with van der Waals surface area (Å²) < 4.78 is 5.45. The van der Waals surface area contributed by atoms with Crippen LogP contribution in [-0.2, 0) is 0 Å². The van der Waals surface area contributed by atoms with Gasteiger partial charge in [0, 0.05) is 0 Å². The average Bonchev–Trinajstić information content (AvgIpc) is 2.41. The third-order valence-corrected chi connectivity index (χ3v) is 4.49. The second-order valence-electron chi connectivity index (χ2n) is 3.47. The number of rotatable bonds is 2. The van der Waals surface area contributed by atoms with E-state index in [4.69, 9.17) is 62.7 Å². The average molecular weight is 358 g/mol. The quantitative estimate of drug-likeness (QED) is 0.494. The van der Waals surface area contributed by atoms with Gasteiger partial charge < -0.3 is 9.84 Å². The Labute approximate surface area is 134 Å². The van der Waals surface area contributed by atoms with Gasteiger partial charge >= 0.3 is 0 Å². The van der Waals surface area contributed by atoms with E-state index in [1.165, 1.54) is 6.07 Å². The number of hydrogen-bond donors (Lipinski definition) is 1. The summed E-state index contributed by atoms with van der Waals surface area (Å²) in [7, 11) is 0. The van der Waals surface area contributed by atoms with Gasteiger partial charge in [0.1, 0.15) is 10.0 Å². The SMILES string of the molecule is Oc1ccccc1Oc1c(Cl)c(Cl)c(Cl)c(Cl)c1Cl. The van der Waals surface area contributed by atoms with Crippen molar-refractivity contribution in [2.24, 2.45) is 0 Å². The fourth-order valence-corrected chi connectivity index (χ4v) is 2.53. The van der Waals surface area contributed by atoms with E-state index < -0.39 is 0 Å². The van der Waals surface area contributed by atoms with Crippen molar-refractivity contribution in [3.63, 3.8) is 0 Å². The largest absolute Gasteiger partial charge is 0.504 e. The zero-order valence-corrected chi connectivity index (χ0v) is 12.8. The van der Waals surface area contributed by atoms with E-state index in [9.17, 15) is 5.11 Å². The lowest BCUT2D eigenvalue weighted by Gasteiger charge is -2.14. The molecule has 0 radical (unpaired) electrons. The van der Waals surface area contributed by atoms with Crippen LogP contribution in [0.2, 0.25) is 25.1 Å². The zero-order chi connectivity index (χ0) is 14.2. The van der Waals surface area contributed by atoms with E-state index >= 15 is 0 Å². The van der Waals surface area contributed by atoms with Crippen LogP contribution in [0.5, 0.6) is 17.2 Å². The van der Waals surface area contributed by atoms with Crippen LogP contribution in [0.3, 0.4) is 0 Å². The molecule has 0 unspecified atom stereocenters. The Balaban J connectivity index is 2.56. The van der Waals surface area contributed by atoms with E-state index in [1.807, 2.05) is 0 Å². The van der Waals surface area contributed by atoms with Gasteiger partial charge in [-0.1, -0.05) is 70.1 Å². The molecule has 2 aromatic carbocycles. The van der Waals surface area contributed by atoms with E-state index in [0.29, 0.717) is 0 Å². The molecule has 0 saturated carbocycles. The lowest BCUT2D eigenvalue weighted by Crippen LogP contribution is -1.90. The number of para-hydroxylation sites is 2. The highest BCUT2D eigenvalue weighted by Gasteiger charge is 2.21. The summed E-state index contributed by atoms with van der Waals surface area (Å²) >= 11 is 29.7. The summed E-state index contributed by atoms with van der Waals surface area (Å²) in [5.74, 6) is 0.127. The Bertz CT molecular complexity index is 613. The molecule has 0 fully saturated rings. The van der Waals surface area contributed by atoms with Crippen molar-refractivity contribution in [2.75, 3.05) is 0 Å². The van der Waals surface area contributed by atoms with Crippen molar-refractivity contribution in [3.05, 3.63) is 49.4 Å². The minimum Gasteiger partial charge on any atom is -0.504 e. The molecule has 2 nitrogen and oxygen atoms in total. The summed E-state index contributed by atoms with van der Waals surface area (Å²) in [4.78, 5) is 0. The molecule has 0 spiro atoms. The molecule has 0 atom stereocenters. The van der Waals surface area contributed by atoms with Gasteiger partial charge in [-0.15, -0.1) is 0 Å². The molecule has 2 aromatic rings. The van der Waals surface area contributed by atoms with Gasteiger partial charge in [-0.3, -0.25) is 0 Å². The van der Waals surface area contributed by atoms with Gasteiger partial charge in [-0.2, -0.15) is 0 Å². The Hall–Kier alpha value is -0.510. The van der Waals surface area contributed by atoms with Crippen LogP contribution in [0.1, 0.15) is 0 Å². The predicted octanol–water partition coefficient (Wildman–Crippen LogP) is 6.45. The monoisotopic (exact) mass is 356 g/mol.